The van der Waals surface area contributed by atoms with Crippen molar-refractivity contribution in [2.24, 2.45) is 0 Å². The number of halogens is 2. The van der Waals surface area contributed by atoms with Gasteiger partial charge in [0.15, 0.2) is 0 Å². The Bertz CT molecular complexity index is 179. The minimum absolute atomic E-state index is 0.0872. The van der Waals surface area contributed by atoms with Gasteiger partial charge in [-0.25, -0.2) is 8.78 Å². The predicted octanol–water partition coefficient (Wildman–Crippen LogP) is 0.0720. The van der Waals surface area contributed by atoms with Crippen LogP contribution in [0.5, 0.6) is 0 Å². The molecule has 0 fully saturated rings. The molecule has 0 aliphatic heterocycles. The van der Waals surface area contributed by atoms with E-state index in [1.54, 1.807) is 0 Å². The second kappa shape index (κ2) is 8.55. The maximum absolute atomic E-state index is 12.1. The first kappa shape index (κ1) is 14.2. The Labute approximate surface area is 88.3 Å². The van der Waals surface area contributed by atoms with Crippen LogP contribution in [0.1, 0.15) is 13.3 Å². The smallest absolute Gasteiger partial charge is 0.251 e. The fourth-order valence-corrected chi connectivity index (χ4v) is 1.09. The van der Waals surface area contributed by atoms with Crippen LogP contribution in [0.25, 0.3) is 0 Å². The lowest BCUT2D eigenvalue weighted by molar-refractivity contribution is -0.122. The first-order chi connectivity index (χ1) is 7.10. The first-order valence-corrected chi connectivity index (χ1v) is 4.98. The number of rotatable bonds is 8. The van der Waals surface area contributed by atoms with Crippen LogP contribution in [0.3, 0.4) is 0 Å². The van der Waals surface area contributed by atoms with Crippen LogP contribution in [-0.2, 0) is 4.79 Å². The average Bonchev–Trinajstić information content (AvgIpc) is 2.14. The van der Waals surface area contributed by atoms with Crippen molar-refractivity contribution in [1.82, 2.24) is 10.2 Å². The Hall–Kier alpha value is -0.750. The summed E-state index contributed by atoms with van der Waals surface area (Å²) >= 11 is 0. The van der Waals surface area contributed by atoms with Gasteiger partial charge in [0, 0.05) is 13.1 Å². The van der Waals surface area contributed by atoms with Gasteiger partial charge >= 0.3 is 0 Å². The molecule has 90 valence electrons. The molecule has 0 aliphatic rings. The number of hydrogen-bond acceptors (Lipinski definition) is 3. The zero-order chi connectivity index (χ0) is 11.7. The van der Waals surface area contributed by atoms with E-state index < -0.39 is 13.0 Å². The normalized spacial score (nSPS) is 11.1. The van der Waals surface area contributed by atoms with E-state index in [1.165, 1.54) is 4.90 Å². The number of alkyl halides is 2. The third-order valence-electron chi connectivity index (χ3n) is 1.75. The average molecular weight is 224 g/mol. The maximum Gasteiger partial charge on any atom is 0.251 e. The molecule has 0 aliphatic carbocycles. The standard InChI is InChI=1S/C9H18F2N2O2/c1-2-3-12-9(15)7-13(4-5-14)6-8(10)11/h8,14H,2-7H2,1H3,(H,12,15). The van der Waals surface area contributed by atoms with E-state index in [4.69, 9.17) is 5.11 Å². The Morgan fingerprint density at radius 1 is 1.53 bits per heavy atom. The third-order valence-corrected chi connectivity index (χ3v) is 1.75. The summed E-state index contributed by atoms with van der Waals surface area (Å²) in [6.07, 6.45) is -1.68. The fraction of sp³-hybridized carbons (Fsp3) is 0.889. The van der Waals surface area contributed by atoms with Crippen LogP contribution in [0.15, 0.2) is 0 Å². The summed E-state index contributed by atoms with van der Waals surface area (Å²) in [7, 11) is 0. The minimum atomic E-state index is -2.49. The number of nitrogens with one attached hydrogen (secondary N) is 1. The van der Waals surface area contributed by atoms with E-state index in [1.807, 2.05) is 6.92 Å². The van der Waals surface area contributed by atoms with Gasteiger partial charge < -0.3 is 10.4 Å². The van der Waals surface area contributed by atoms with Gasteiger partial charge in [0.2, 0.25) is 5.91 Å². The molecular weight excluding hydrogens is 206 g/mol. The van der Waals surface area contributed by atoms with E-state index in [0.717, 1.165) is 6.42 Å². The van der Waals surface area contributed by atoms with Crippen molar-refractivity contribution in [2.75, 3.05) is 32.8 Å². The molecule has 2 N–H and O–H groups in total. The van der Waals surface area contributed by atoms with Crippen molar-refractivity contribution in [1.29, 1.82) is 0 Å². The van der Waals surface area contributed by atoms with Crippen molar-refractivity contribution >= 4 is 5.91 Å². The van der Waals surface area contributed by atoms with Gasteiger partial charge in [0.1, 0.15) is 0 Å². The molecule has 0 aromatic rings. The lowest BCUT2D eigenvalue weighted by Crippen LogP contribution is -2.41. The van der Waals surface area contributed by atoms with Crippen molar-refractivity contribution in [3.05, 3.63) is 0 Å². The predicted molar refractivity (Wildman–Crippen MR) is 52.8 cm³/mol. The summed E-state index contributed by atoms with van der Waals surface area (Å²) in [4.78, 5) is 12.4. The van der Waals surface area contributed by atoms with Crippen molar-refractivity contribution in [3.63, 3.8) is 0 Å². The second-order valence-corrected chi connectivity index (χ2v) is 3.20. The first-order valence-electron chi connectivity index (χ1n) is 4.98. The Morgan fingerprint density at radius 3 is 2.67 bits per heavy atom. The highest BCUT2D eigenvalue weighted by molar-refractivity contribution is 5.77. The van der Waals surface area contributed by atoms with Gasteiger partial charge in [-0.2, -0.15) is 0 Å². The van der Waals surface area contributed by atoms with Crippen LogP contribution in [0.2, 0.25) is 0 Å². The van der Waals surface area contributed by atoms with Crippen LogP contribution in [0, 0.1) is 0 Å². The molecule has 0 heterocycles. The zero-order valence-electron chi connectivity index (χ0n) is 8.88. The van der Waals surface area contributed by atoms with Crippen LogP contribution < -0.4 is 5.32 Å². The number of nitrogens with zero attached hydrogens (tertiary/aromatic N) is 1. The molecule has 0 unspecified atom stereocenters. The third kappa shape index (κ3) is 8.26. The van der Waals surface area contributed by atoms with Crippen LogP contribution in [-0.4, -0.2) is 55.1 Å². The van der Waals surface area contributed by atoms with Gasteiger partial charge in [0.05, 0.1) is 19.7 Å². The molecule has 4 nitrogen and oxygen atoms in total. The van der Waals surface area contributed by atoms with E-state index in [9.17, 15) is 13.6 Å². The monoisotopic (exact) mass is 224 g/mol. The van der Waals surface area contributed by atoms with Gasteiger partial charge in [-0.3, -0.25) is 9.69 Å². The number of amides is 1. The molecule has 0 aromatic heterocycles. The summed E-state index contributed by atoms with van der Waals surface area (Å²) < 4.78 is 24.1. The molecule has 0 aromatic carbocycles. The quantitative estimate of drug-likeness (QED) is 0.613. The Morgan fingerprint density at radius 2 is 2.20 bits per heavy atom. The van der Waals surface area contributed by atoms with E-state index in [-0.39, 0.29) is 25.6 Å². The van der Waals surface area contributed by atoms with Gasteiger partial charge in [-0.15, -0.1) is 0 Å². The molecule has 0 spiro atoms. The van der Waals surface area contributed by atoms with E-state index >= 15 is 0 Å². The summed E-state index contributed by atoms with van der Waals surface area (Å²) in [5.41, 5.74) is 0. The summed E-state index contributed by atoms with van der Waals surface area (Å²) in [6.45, 7) is 1.73. The number of aliphatic hydroxyl groups excluding tert-OH is 1. The van der Waals surface area contributed by atoms with Crippen LogP contribution >= 0.6 is 0 Å². The van der Waals surface area contributed by atoms with Gasteiger partial charge in [0.25, 0.3) is 6.43 Å². The Balaban J connectivity index is 3.86. The highest BCUT2D eigenvalue weighted by Gasteiger charge is 2.14. The lowest BCUT2D eigenvalue weighted by Gasteiger charge is -2.19. The number of carbonyl (C=O) groups is 1. The zero-order valence-corrected chi connectivity index (χ0v) is 8.88. The molecule has 0 atom stereocenters. The van der Waals surface area contributed by atoms with Crippen LogP contribution in [0.4, 0.5) is 8.78 Å². The number of aliphatic hydroxyl groups is 1. The molecule has 0 rings (SSSR count). The fourth-order valence-electron chi connectivity index (χ4n) is 1.09. The van der Waals surface area contributed by atoms with Crippen molar-refractivity contribution < 1.29 is 18.7 Å². The Kier molecular flexibility index (Phi) is 8.12. The lowest BCUT2D eigenvalue weighted by atomic mass is 10.4. The molecule has 15 heavy (non-hydrogen) atoms. The SMILES string of the molecule is CCCNC(=O)CN(CCO)CC(F)F. The maximum atomic E-state index is 12.1. The molecule has 6 heteroatoms. The van der Waals surface area contributed by atoms with Crippen molar-refractivity contribution in [3.8, 4) is 0 Å². The van der Waals surface area contributed by atoms with E-state index in [0.29, 0.717) is 6.54 Å². The summed E-state index contributed by atoms with van der Waals surface area (Å²) in [5, 5.41) is 11.2. The molecule has 0 bridgehead atoms. The summed E-state index contributed by atoms with van der Waals surface area (Å²) in [6, 6.07) is 0. The molecule has 0 saturated heterocycles. The number of carbonyl (C=O) groups excluding carboxylic acids is 1. The molecular formula is C9H18F2N2O2. The highest BCUT2D eigenvalue weighted by Crippen LogP contribution is 1.97. The summed E-state index contributed by atoms with van der Waals surface area (Å²) in [5.74, 6) is -0.286. The molecule has 0 saturated carbocycles. The minimum Gasteiger partial charge on any atom is -0.395 e. The number of hydrogen-bond donors (Lipinski definition) is 2. The highest BCUT2D eigenvalue weighted by atomic mass is 19.3. The largest absolute Gasteiger partial charge is 0.395 e. The molecule has 1 amide bonds. The molecule has 0 radical (unpaired) electrons. The van der Waals surface area contributed by atoms with Gasteiger partial charge in [-0.1, -0.05) is 6.92 Å². The van der Waals surface area contributed by atoms with Crippen molar-refractivity contribution in [2.45, 2.75) is 19.8 Å². The van der Waals surface area contributed by atoms with Gasteiger partial charge in [-0.05, 0) is 6.42 Å². The topological polar surface area (TPSA) is 52.6 Å². The second-order valence-electron chi connectivity index (χ2n) is 3.20. The van der Waals surface area contributed by atoms with E-state index in [2.05, 4.69) is 5.32 Å².